The van der Waals surface area contributed by atoms with Crippen LogP contribution in [0, 0.1) is 5.82 Å². The molecule has 0 saturated carbocycles. The molecule has 0 spiro atoms. The quantitative estimate of drug-likeness (QED) is 0.847. The Morgan fingerprint density at radius 2 is 2.05 bits per heavy atom. The first-order chi connectivity index (χ1) is 9.47. The number of aliphatic carboxylic acids is 1. The van der Waals surface area contributed by atoms with Crippen LogP contribution in [0.5, 0.6) is 0 Å². The summed E-state index contributed by atoms with van der Waals surface area (Å²) in [5, 5.41) is 12.3. The Balaban J connectivity index is 2.37. The zero-order valence-corrected chi connectivity index (χ0v) is 12.5. The highest BCUT2D eigenvalue weighted by molar-refractivity contribution is 9.10. The summed E-state index contributed by atoms with van der Waals surface area (Å²) in [6.07, 6.45) is 0. The Morgan fingerprint density at radius 3 is 2.70 bits per heavy atom. The third-order valence-corrected chi connectivity index (χ3v) is 3.38. The van der Waals surface area contributed by atoms with Crippen molar-refractivity contribution in [2.75, 3.05) is 5.32 Å². The number of anilines is 1. The minimum absolute atomic E-state index is 0.00928. The molecule has 20 heavy (non-hydrogen) atoms. The van der Waals surface area contributed by atoms with E-state index in [0.29, 0.717) is 5.69 Å². The van der Waals surface area contributed by atoms with Crippen LogP contribution in [-0.4, -0.2) is 11.1 Å². The molecule has 0 fully saturated rings. The van der Waals surface area contributed by atoms with Gasteiger partial charge >= 0.3 is 5.97 Å². The number of hydrogen-bond donors (Lipinski definition) is 2. The van der Waals surface area contributed by atoms with Crippen molar-refractivity contribution in [2.45, 2.75) is 6.04 Å². The van der Waals surface area contributed by atoms with Gasteiger partial charge in [-0.3, -0.25) is 0 Å². The van der Waals surface area contributed by atoms with Crippen LogP contribution in [-0.2, 0) is 4.79 Å². The molecule has 0 aliphatic carbocycles. The minimum Gasteiger partial charge on any atom is -0.479 e. The summed E-state index contributed by atoms with van der Waals surface area (Å²) in [6.45, 7) is 0. The van der Waals surface area contributed by atoms with Gasteiger partial charge in [0.05, 0.1) is 0 Å². The average molecular weight is 359 g/mol. The summed E-state index contributed by atoms with van der Waals surface area (Å²) in [5.41, 5.74) is 0.552. The number of nitrogens with one attached hydrogen (secondary N) is 1. The van der Waals surface area contributed by atoms with Gasteiger partial charge in [0.2, 0.25) is 0 Å². The molecular formula is C14H10BrClFNO2. The molecule has 0 heterocycles. The summed E-state index contributed by atoms with van der Waals surface area (Å²) in [5.74, 6) is -1.81. The van der Waals surface area contributed by atoms with E-state index in [2.05, 4.69) is 21.2 Å². The van der Waals surface area contributed by atoms with Crippen molar-refractivity contribution in [2.24, 2.45) is 0 Å². The minimum atomic E-state index is -1.22. The maximum atomic E-state index is 13.8. The van der Waals surface area contributed by atoms with Gasteiger partial charge in [-0.1, -0.05) is 33.6 Å². The first kappa shape index (κ1) is 14.8. The Hall–Kier alpha value is -1.59. The highest BCUT2D eigenvalue weighted by atomic mass is 79.9. The lowest BCUT2D eigenvalue weighted by molar-refractivity contribution is -0.138. The van der Waals surface area contributed by atoms with Crippen LogP contribution >= 0.6 is 27.5 Å². The number of carbonyl (C=O) groups is 1. The molecule has 2 aromatic carbocycles. The maximum Gasteiger partial charge on any atom is 0.330 e. The van der Waals surface area contributed by atoms with Gasteiger partial charge in [-0.2, -0.15) is 0 Å². The topological polar surface area (TPSA) is 49.3 Å². The summed E-state index contributed by atoms with van der Waals surface area (Å²) in [4.78, 5) is 11.4. The molecule has 3 nitrogen and oxygen atoms in total. The van der Waals surface area contributed by atoms with Gasteiger partial charge in [-0.05, 0) is 36.4 Å². The summed E-state index contributed by atoms with van der Waals surface area (Å²) >= 11 is 9.09. The second-order valence-corrected chi connectivity index (χ2v) is 5.44. The van der Waals surface area contributed by atoms with Crippen molar-refractivity contribution in [1.29, 1.82) is 0 Å². The van der Waals surface area contributed by atoms with Crippen molar-refractivity contribution >= 4 is 39.2 Å². The van der Waals surface area contributed by atoms with Crippen LogP contribution in [0.1, 0.15) is 11.6 Å². The largest absolute Gasteiger partial charge is 0.479 e. The molecule has 0 amide bonds. The average Bonchev–Trinajstić information content (AvgIpc) is 2.39. The summed E-state index contributed by atoms with van der Waals surface area (Å²) in [6, 6.07) is 9.57. The zero-order valence-electron chi connectivity index (χ0n) is 10.1. The van der Waals surface area contributed by atoms with Gasteiger partial charge in [0.1, 0.15) is 5.82 Å². The highest BCUT2D eigenvalue weighted by Gasteiger charge is 2.23. The molecule has 0 bridgehead atoms. The molecule has 2 aromatic rings. The molecule has 104 valence electrons. The van der Waals surface area contributed by atoms with Crippen LogP contribution in [0.25, 0.3) is 0 Å². The predicted octanol–water partition coefficient (Wildman–Crippen LogP) is 4.48. The van der Waals surface area contributed by atoms with E-state index in [4.69, 9.17) is 11.6 Å². The van der Waals surface area contributed by atoms with Crippen LogP contribution in [0.15, 0.2) is 46.9 Å². The van der Waals surface area contributed by atoms with Crippen molar-refractivity contribution in [3.8, 4) is 0 Å². The van der Waals surface area contributed by atoms with Gasteiger partial charge < -0.3 is 10.4 Å². The van der Waals surface area contributed by atoms with Gasteiger partial charge in [-0.25, -0.2) is 9.18 Å². The fourth-order valence-corrected chi connectivity index (χ4v) is 2.33. The van der Waals surface area contributed by atoms with Crippen molar-refractivity contribution in [3.05, 3.63) is 63.3 Å². The first-order valence-electron chi connectivity index (χ1n) is 5.67. The number of carboxylic acid groups (broad SMARTS) is 1. The Morgan fingerprint density at radius 1 is 1.30 bits per heavy atom. The fraction of sp³-hybridized carbons (Fsp3) is 0.0714. The normalized spacial score (nSPS) is 11.9. The lowest BCUT2D eigenvalue weighted by Crippen LogP contribution is -2.21. The van der Waals surface area contributed by atoms with E-state index >= 15 is 0 Å². The lowest BCUT2D eigenvalue weighted by Gasteiger charge is -2.17. The molecule has 0 aliphatic heterocycles. The molecule has 0 aromatic heterocycles. The number of carboxylic acids is 1. The smallest absolute Gasteiger partial charge is 0.330 e. The maximum absolute atomic E-state index is 13.8. The lowest BCUT2D eigenvalue weighted by atomic mass is 10.1. The Kier molecular flexibility index (Phi) is 4.62. The Labute approximate surface area is 128 Å². The summed E-state index contributed by atoms with van der Waals surface area (Å²) < 4.78 is 14.6. The third kappa shape index (κ3) is 3.49. The fourth-order valence-electron chi connectivity index (χ4n) is 1.75. The van der Waals surface area contributed by atoms with Crippen molar-refractivity contribution in [3.63, 3.8) is 0 Å². The van der Waals surface area contributed by atoms with Crippen LogP contribution in [0.2, 0.25) is 5.02 Å². The van der Waals surface area contributed by atoms with E-state index < -0.39 is 17.8 Å². The van der Waals surface area contributed by atoms with Crippen molar-refractivity contribution < 1.29 is 14.3 Å². The SMILES string of the molecule is O=C(O)C(Nc1cccc(Br)c1)c1cc(Cl)ccc1F. The number of halogens is 3. The van der Waals surface area contributed by atoms with Crippen molar-refractivity contribution in [1.82, 2.24) is 0 Å². The molecule has 1 atom stereocenters. The Bertz CT molecular complexity index is 651. The van der Waals surface area contributed by atoms with Crippen LogP contribution < -0.4 is 5.32 Å². The highest BCUT2D eigenvalue weighted by Crippen LogP contribution is 2.26. The van der Waals surface area contributed by atoms with Gasteiger partial charge in [0, 0.05) is 20.7 Å². The molecule has 1 unspecified atom stereocenters. The first-order valence-corrected chi connectivity index (χ1v) is 6.84. The second-order valence-electron chi connectivity index (χ2n) is 4.09. The van der Waals surface area contributed by atoms with Gasteiger partial charge in [0.15, 0.2) is 6.04 Å². The predicted molar refractivity (Wildman–Crippen MR) is 79.6 cm³/mol. The van der Waals surface area contributed by atoms with E-state index in [-0.39, 0.29) is 10.6 Å². The van der Waals surface area contributed by atoms with E-state index in [9.17, 15) is 14.3 Å². The molecule has 2 N–H and O–H groups in total. The van der Waals surface area contributed by atoms with Gasteiger partial charge in [0.25, 0.3) is 0 Å². The third-order valence-electron chi connectivity index (χ3n) is 2.65. The second kappa shape index (κ2) is 6.24. The van der Waals surface area contributed by atoms with Gasteiger partial charge in [-0.15, -0.1) is 0 Å². The summed E-state index contributed by atoms with van der Waals surface area (Å²) in [7, 11) is 0. The molecule has 2 rings (SSSR count). The molecule has 0 saturated heterocycles. The van der Waals surface area contributed by atoms with E-state index in [0.717, 1.165) is 10.5 Å². The van der Waals surface area contributed by atoms with E-state index in [1.54, 1.807) is 24.3 Å². The molecular weight excluding hydrogens is 349 g/mol. The molecule has 0 radical (unpaired) electrons. The number of rotatable bonds is 4. The molecule has 0 aliphatic rings. The number of hydrogen-bond acceptors (Lipinski definition) is 2. The van der Waals surface area contributed by atoms with Crippen LogP contribution in [0.4, 0.5) is 10.1 Å². The van der Waals surface area contributed by atoms with Crippen LogP contribution in [0.3, 0.4) is 0 Å². The number of benzene rings is 2. The molecule has 6 heteroatoms. The monoisotopic (exact) mass is 357 g/mol. The standard InChI is InChI=1S/C14H10BrClFNO2/c15-8-2-1-3-10(6-8)18-13(14(19)20)11-7-9(16)4-5-12(11)17/h1-7,13,18H,(H,19,20). The zero-order chi connectivity index (χ0) is 14.7. The van der Waals surface area contributed by atoms with E-state index in [1.165, 1.54) is 12.1 Å². The van der Waals surface area contributed by atoms with E-state index in [1.807, 2.05) is 0 Å².